The zero-order valence-corrected chi connectivity index (χ0v) is 13.3. The largest absolute Gasteiger partial charge is 0.491 e. The van der Waals surface area contributed by atoms with Crippen molar-refractivity contribution in [1.29, 1.82) is 0 Å². The molecule has 24 heavy (non-hydrogen) atoms. The van der Waals surface area contributed by atoms with Gasteiger partial charge in [0.15, 0.2) is 11.6 Å². The van der Waals surface area contributed by atoms with Crippen molar-refractivity contribution < 1.29 is 23.8 Å². The molecule has 0 radical (unpaired) electrons. The number of esters is 1. The van der Waals surface area contributed by atoms with E-state index in [0.29, 0.717) is 12.1 Å². The van der Waals surface area contributed by atoms with E-state index in [1.165, 1.54) is 12.3 Å². The van der Waals surface area contributed by atoms with Crippen molar-refractivity contribution in [3.63, 3.8) is 0 Å². The fourth-order valence-electron chi connectivity index (χ4n) is 2.63. The monoisotopic (exact) mass is 335 g/mol. The second-order valence-electron chi connectivity index (χ2n) is 5.60. The highest BCUT2D eigenvalue weighted by Gasteiger charge is 2.28. The summed E-state index contributed by atoms with van der Waals surface area (Å²) in [7, 11) is 0. The van der Waals surface area contributed by atoms with Gasteiger partial charge in [-0.2, -0.15) is 0 Å². The summed E-state index contributed by atoms with van der Waals surface area (Å²) in [6.45, 7) is 1.53. The summed E-state index contributed by atoms with van der Waals surface area (Å²) in [4.78, 5) is 24.6. The predicted octanol–water partition coefficient (Wildman–Crippen LogP) is 2.02. The number of rotatable bonds is 6. The first kappa shape index (κ1) is 16.4. The first-order valence-electron chi connectivity index (χ1n) is 7.86. The van der Waals surface area contributed by atoms with Crippen LogP contribution >= 0.6 is 0 Å². The third-order valence-electron chi connectivity index (χ3n) is 3.87. The van der Waals surface area contributed by atoms with Crippen LogP contribution in [0.2, 0.25) is 0 Å². The van der Waals surface area contributed by atoms with Gasteiger partial charge in [-0.05, 0) is 25.8 Å². The molecule has 0 amide bonds. The number of fused-ring (bicyclic) bond motifs is 1. The molecule has 0 atom stereocenters. The quantitative estimate of drug-likeness (QED) is 0.817. The van der Waals surface area contributed by atoms with E-state index in [1.54, 1.807) is 11.5 Å². The molecule has 0 unspecified atom stereocenters. The van der Waals surface area contributed by atoms with Crippen LogP contribution in [-0.4, -0.2) is 35.5 Å². The normalized spacial score (nSPS) is 14.0. The van der Waals surface area contributed by atoms with Gasteiger partial charge in [-0.1, -0.05) is 0 Å². The van der Waals surface area contributed by atoms with Gasteiger partial charge in [0.05, 0.1) is 18.7 Å². The van der Waals surface area contributed by atoms with Gasteiger partial charge in [-0.3, -0.25) is 4.79 Å². The Labute approximate surface area is 137 Å². The molecular weight excluding hydrogens is 317 g/mol. The average molecular weight is 335 g/mol. The minimum Gasteiger partial charge on any atom is -0.491 e. The van der Waals surface area contributed by atoms with Crippen LogP contribution in [0.25, 0.3) is 10.9 Å². The molecule has 1 heterocycles. The summed E-state index contributed by atoms with van der Waals surface area (Å²) in [6, 6.07) is 2.76. The lowest BCUT2D eigenvalue weighted by Gasteiger charge is -2.14. The van der Waals surface area contributed by atoms with Crippen molar-refractivity contribution >= 4 is 16.9 Å². The molecule has 6 nitrogen and oxygen atoms in total. The zero-order chi connectivity index (χ0) is 17.3. The number of halogens is 1. The molecule has 1 saturated carbocycles. The molecule has 1 aliphatic carbocycles. The Balaban J connectivity index is 2.19. The highest BCUT2D eigenvalue weighted by molar-refractivity contribution is 5.94. The number of benzene rings is 1. The molecule has 1 N–H and O–H groups in total. The summed E-state index contributed by atoms with van der Waals surface area (Å²) in [5.41, 5.74) is -0.218. The molecule has 7 heteroatoms. The number of pyridine rings is 1. The van der Waals surface area contributed by atoms with Crippen LogP contribution in [0.5, 0.6) is 5.75 Å². The van der Waals surface area contributed by atoms with Crippen LogP contribution < -0.4 is 10.2 Å². The van der Waals surface area contributed by atoms with Gasteiger partial charge in [0, 0.05) is 23.7 Å². The zero-order valence-electron chi connectivity index (χ0n) is 13.3. The smallest absolute Gasteiger partial charge is 0.343 e. The highest BCUT2D eigenvalue weighted by atomic mass is 19.1. The Bertz CT molecular complexity index is 841. The summed E-state index contributed by atoms with van der Waals surface area (Å²) in [5, 5.41) is 8.86. The number of carbonyl (C=O) groups is 1. The van der Waals surface area contributed by atoms with Crippen LogP contribution in [-0.2, 0) is 4.74 Å². The van der Waals surface area contributed by atoms with Crippen LogP contribution in [0, 0.1) is 5.82 Å². The Morgan fingerprint density at radius 2 is 2.17 bits per heavy atom. The number of nitrogens with zero attached hydrogens (tertiary/aromatic N) is 1. The van der Waals surface area contributed by atoms with Crippen LogP contribution in [0.3, 0.4) is 0 Å². The molecule has 0 bridgehead atoms. The Morgan fingerprint density at radius 3 is 2.79 bits per heavy atom. The summed E-state index contributed by atoms with van der Waals surface area (Å²) in [5.74, 6) is -1.39. The van der Waals surface area contributed by atoms with E-state index in [4.69, 9.17) is 14.6 Å². The molecule has 1 aromatic carbocycles. The number of hydrogen-bond donors (Lipinski definition) is 1. The number of aliphatic hydroxyl groups excluding tert-OH is 1. The SMILES string of the molecule is CCOc1cc2c(cc1F)c(=O)c(C(=O)OCCO)cn2C1CC1. The maximum absolute atomic E-state index is 14.1. The number of ether oxygens (including phenoxy) is 2. The topological polar surface area (TPSA) is 77.8 Å². The lowest BCUT2D eigenvalue weighted by molar-refractivity contribution is 0.0431. The van der Waals surface area contributed by atoms with Crippen LogP contribution in [0.15, 0.2) is 23.1 Å². The molecule has 128 valence electrons. The molecule has 0 spiro atoms. The fraction of sp³-hybridized carbons (Fsp3) is 0.412. The van der Waals surface area contributed by atoms with Gasteiger partial charge < -0.3 is 19.1 Å². The molecule has 1 aromatic heterocycles. The minimum absolute atomic E-state index is 0.0782. The van der Waals surface area contributed by atoms with E-state index in [9.17, 15) is 14.0 Å². The van der Waals surface area contributed by atoms with E-state index < -0.39 is 17.2 Å². The maximum atomic E-state index is 14.1. The molecule has 2 aromatic rings. The first-order chi connectivity index (χ1) is 11.6. The third-order valence-corrected chi connectivity index (χ3v) is 3.87. The third kappa shape index (κ3) is 2.99. The Hall–Kier alpha value is -2.41. The highest BCUT2D eigenvalue weighted by Crippen LogP contribution is 2.38. The first-order valence-corrected chi connectivity index (χ1v) is 7.86. The van der Waals surface area contributed by atoms with Crippen molar-refractivity contribution in [1.82, 2.24) is 4.57 Å². The van der Waals surface area contributed by atoms with Crippen molar-refractivity contribution in [3.8, 4) is 5.75 Å². The second kappa shape index (κ2) is 6.60. The van der Waals surface area contributed by atoms with Gasteiger partial charge in [-0.15, -0.1) is 0 Å². The van der Waals surface area contributed by atoms with Crippen molar-refractivity contribution in [2.75, 3.05) is 19.8 Å². The van der Waals surface area contributed by atoms with Crippen LogP contribution in [0.1, 0.15) is 36.2 Å². The molecule has 1 aliphatic rings. The van der Waals surface area contributed by atoms with Gasteiger partial charge in [-0.25, -0.2) is 9.18 Å². The van der Waals surface area contributed by atoms with Gasteiger partial charge in [0.1, 0.15) is 12.2 Å². The number of aromatic nitrogens is 1. The standard InChI is InChI=1S/C17H18FNO5/c1-2-23-15-8-14-11(7-13(15)18)16(21)12(17(22)24-6-5-20)9-19(14)10-3-4-10/h7-10,20H,2-6H2,1H3. The Kier molecular flexibility index (Phi) is 4.53. The molecule has 0 saturated heterocycles. The average Bonchev–Trinajstić information content (AvgIpc) is 3.39. The van der Waals surface area contributed by atoms with Crippen molar-refractivity contribution in [3.05, 3.63) is 39.9 Å². The lowest BCUT2D eigenvalue weighted by Crippen LogP contribution is -2.22. The van der Waals surface area contributed by atoms with E-state index >= 15 is 0 Å². The molecular formula is C17H18FNO5. The van der Waals surface area contributed by atoms with Crippen LogP contribution in [0.4, 0.5) is 4.39 Å². The van der Waals surface area contributed by atoms with E-state index in [1.807, 2.05) is 0 Å². The van der Waals surface area contributed by atoms with Gasteiger partial charge in [0.25, 0.3) is 0 Å². The fourth-order valence-corrected chi connectivity index (χ4v) is 2.63. The summed E-state index contributed by atoms with van der Waals surface area (Å²) < 4.78 is 26.0. The lowest BCUT2D eigenvalue weighted by atomic mass is 10.1. The minimum atomic E-state index is -0.820. The Morgan fingerprint density at radius 1 is 1.42 bits per heavy atom. The van der Waals surface area contributed by atoms with Gasteiger partial charge >= 0.3 is 5.97 Å². The maximum Gasteiger partial charge on any atom is 0.343 e. The molecule has 3 rings (SSSR count). The molecule has 1 fully saturated rings. The van der Waals surface area contributed by atoms with E-state index in [2.05, 4.69) is 0 Å². The predicted molar refractivity (Wildman–Crippen MR) is 85.0 cm³/mol. The number of aliphatic hydroxyl groups is 1. The van der Waals surface area contributed by atoms with Crippen molar-refractivity contribution in [2.24, 2.45) is 0 Å². The number of carbonyl (C=O) groups excluding carboxylic acids is 1. The number of hydrogen-bond acceptors (Lipinski definition) is 5. The van der Waals surface area contributed by atoms with Gasteiger partial charge in [0.2, 0.25) is 5.43 Å². The summed E-state index contributed by atoms with van der Waals surface area (Å²) >= 11 is 0. The van der Waals surface area contributed by atoms with Crippen molar-refractivity contribution in [2.45, 2.75) is 25.8 Å². The second-order valence-corrected chi connectivity index (χ2v) is 5.60. The van der Waals surface area contributed by atoms with E-state index in [0.717, 1.165) is 18.9 Å². The van der Waals surface area contributed by atoms with E-state index in [-0.39, 0.29) is 36.0 Å². The summed E-state index contributed by atoms with van der Waals surface area (Å²) in [6.07, 6.45) is 3.30. The molecule has 0 aliphatic heterocycles.